The third-order valence-corrected chi connectivity index (χ3v) is 3.52. The molecule has 2 aromatic carbocycles. The van der Waals surface area contributed by atoms with E-state index in [1.165, 1.54) is 0 Å². The number of ether oxygens (including phenoxy) is 2. The van der Waals surface area contributed by atoms with Crippen LogP contribution in [0.3, 0.4) is 0 Å². The fourth-order valence-electron chi connectivity index (χ4n) is 2.17. The predicted octanol–water partition coefficient (Wildman–Crippen LogP) is 3.15. The number of halogens is 1. The number of aliphatic hydroxyl groups excluding tert-OH is 1. The molecule has 0 heterocycles. The Morgan fingerprint density at radius 1 is 0.960 bits per heavy atom. The van der Waals surface area contributed by atoms with E-state index in [9.17, 15) is 14.4 Å². The van der Waals surface area contributed by atoms with Crippen molar-refractivity contribution >= 4 is 6.29 Å². The average Bonchev–Trinajstić information content (AvgIpc) is 2.65. The van der Waals surface area contributed by atoms with Gasteiger partial charge in [-0.3, -0.25) is 4.79 Å². The van der Waals surface area contributed by atoms with Crippen molar-refractivity contribution in [2.75, 3.05) is 19.8 Å². The highest BCUT2D eigenvalue weighted by Crippen LogP contribution is 2.15. The highest BCUT2D eigenvalue weighted by molar-refractivity contribution is 5.74. The van der Waals surface area contributed by atoms with Crippen LogP contribution in [0.5, 0.6) is 11.5 Å². The molecule has 2 rings (SSSR count). The number of hydrogen-bond donors (Lipinski definition) is 1. The first kappa shape index (κ1) is 18.9. The van der Waals surface area contributed by atoms with Gasteiger partial charge in [0.2, 0.25) is 0 Å². The van der Waals surface area contributed by atoms with Crippen LogP contribution in [-0.4, -0.2) is 37.3 Å². The highest BCUT2D eigenvalue weighted by Gasteiger charge is 2.05. The first-order valence-electron chi connectivity index (χ1n) is 8.02. The molecule has 5 nitrogen and oxygen atoms in total. The van der Waals surface area contributed by atoms with E-state index in [1.54, 1.807) is 36.4 Å². The maximum Gasteiger partial charge on any atom is 0.150 e. The molecule has 1 atom stereocenters. The van der Waals surface area contributed by atoms with Gasteiger partial charge in [0.15, 0.2) is 0 Å². The second-order valence-corrected chi connectivity index (χ2v) is 5.52. The quantitative estimate of drug-likeness (QED) is 0.499. The zero-order chi connectivity index (χ0) is 17.9. The second-order valence-electron chi connectivity index (χ2n) is 5.52. The molecule has 0 aliphatic rings. The Balaban J connectivity index is 1.67. The molecule has 134 valence electrons. The summed E-state index contributed by atoms with van der Waals surface area (Å²) in [4.78, 5) is 13.9. The van der Waals surface area contributed by atoms with Gasteiger partial charge in [0, 0.05) is 5.56 Å². The largest absolute Gasteiger partial charge is 0.494 e. The number of aryl methyl sites for hydroxylation is 1. The van der Waals surface area contributed by atoms with E-state index in [4.69, 9.17) is 9.47 Å². The van der Waals surface area contributed by atoms with Gasteiger partial charge in [-0.2, -0.15) is 4.94 Å². The molecule has 0 aliphatic carbocycles. The van der Waals surface area contributed by atoms with Crippen LogP contribution >= 0.6 is 0 Å². The first-order valence-corrected chi connectivity index (χ1v) is 8.02. The molecule has 1 unspecified atom stereocenters. The van der Waals surface area contributed by atoms with E-state index in [2.05, 4.69) is 4.94 Å². The lowest BCUT2D eigenvalue weighted by molar-refractivity contribution is -0.160. The van der Waals surface area contributed by atoms with Crippen LogP contribution in [0.25, 0.3) is 0 Å². The number of carbonyl (C=O) groups excluding carboxylic acids is 1. The minimum atomic E-state index is -0.998. The molecule has 0 aliphatic heterocycles. The van der Waals surface area contributed by atoms with Crippen LogP contribution in [0.1, 0.15) is 22.3 Å². The van der Waals surface area contributed by atoms with Gasteiger partial charge < -0.3 is 14.6 Å². The number of rotatable bonds is 11. The molecule has 0 spiro atoms. The third kappa shape index (κ3) is 6.91. The molecule has 0 fully saturated rings. The Hall–Kier alpha value is -2.44. The fraction of sp³-hybridized carbons (Fsp3) is 0.316. The summed E-state index contributed by atoms with van der Waals surface area (Å²) in [5.41, 5.74) is 1.76. The number of benzene rings is 2. The molecular weight excluding hydrogens is 327 g/mol. The van der Waals surface area contributed by atoms with E-state index in [1.807, 2.05) is 12.1 Å². The zero-order valence-corrected chi connectivity index (χ0v) is 13.8. The molecule has 0 saturated carbocycles. The van der Waals surface area contributed by atoms with Crippen LogP contribution in [0.4, 0.5) is 4.53 Å². The Morgan fingerprint density at radius 2 is 1.60 bits per heavy atom. The van der Waals surface area contributed by atoms with Gasteiger partial charge in [0.25, 0.3) is 0 Å². The summed E-state index contributed by atoms with van der Waals surface area (Å²) in [7, 11) is 0. The van der Waals surface area contributed by atoms with Crippen molar-refractivity contribution in [3.63, 3.8) is 0 Å². The lowest BCUT2D eigenvalue weighted by Crippen LogP contribution is -2.21. The SMILES string of the molecule is O=Cc1ccc(OCCCc2ccc(OCC(O)COF)cc2)cc1. The molecule has 2 aromatic rings. The molecule has 6 heteroatoms. The predicted molar refractivity (Wildman–Crippen MR) is 90.6 cm³/mol. The molecule has 0 bridgehead atoms. The summed E-state index contributed by atoms with van der Waals surface area (Å²) in [5.74, 6) is 1.35. The Morgan fingerprint density at radius 3 is 2.24 bits per heavy atom. The van der Waals surface area contributed by atoms with Crippen LogP contribution in [-0.2, 0) is 11.4 Å². The van der Waals surface area contributed by atoms with Crippen molar-refractivity contribution < 1.29 is 28.8 Å². The standard InChI is InChI=1S/C19H21FO5/c20-25-14-17(22)13-24-19-7-3-15(4-8-19)2-1-11-23-18-9-5-16(12-21)6-10-18/h3-10,12,17,22H,1-2,11,13-14H2. The van der Waals surface area contributed by atoms with Crippen LogP contribution < -0.4 is 9.47 Å². The minimum Gasteiger partial charge on any atom is -0.494 e. The van der Waals surface area contributed by atoms with Crippen molar-refractivity contribution in [3.8, 4) is 11.5 Å². The molecule has 0 radical (unpaired) electrons. The molecular formula is C19H21FO5. The monoisotopic (exact) mass is 348 g/mol. The lowest BCUT2D eigenvalue weighted by atomic mass is 10.1. The molecule has 0 amide bonds. The zero-order valence-electron chi connectivity index (χ0n) is 13.8. The summed E-state index contributed by atoms with van der Waals surface area (Å²) in [5, 5.41) is 9.31. The molecule has 1 N–H and O–H groups in total. The van der Waals surface area contributed by atoms with Gasteiger partial charge >= 0.3 is 0 Å². The molecule has 0 aromatic heterocycles. The Bertz CT molecular complexity index is 627. The van der Waals surface area contributed by atoms with Crippen molar-refractivity contribution in [3.05, 3.63) is 59.7 Å². The highest BCUT2D eigenvalue weighted by atomic mass is 19.3. The number of aliphatic hydroxyl groups is 1. The lowest BCUT2D eigenvalue weighted by Gasteiger charge is -2.11. The molecule has 0 saturated heterocycles. The van der Waals surface area contributed by atoms with Crippen molar-refractivity contribution in [1.82, 2.24) is 0 Å². The van der Waals surface area contributed by atoms with Gasteiger partial charge in [-0.25, -0.2) is 0 Å². The number of aldehydes is 1. The van der Waals surface area contributed by atoms with Crippen LogP contribution in [0, 0.1) is 0 Å². The van der Waals surface area contributed by atoms with Gasteiger partial charge in [-0.15, -0.1) is 0 Å². The number of hydrogen-bond acceptors (Lipinski definition) is 5. The van der Waals surface area contributed by atoms with Crippen molar-refractivity contribution in [2.45, 2.75) is 18.9 Å². The maximum absolute atomic E-state index is 11.6. The van der Waals surface area contributed by atoms with E-state index in [-0.39, 0.29) is 6.61 Å². The summed E-state index contributed by atoms with van der Waals surface area (Å²) in [6, 6.07) is 14.5. The maximum atomic E-state index is 11.6. The number of carbonyl (C=O) groups is 1. The summed E-state index contributed by atoms with van der Waals surface area (Å²) >= 11 is 0. The summed E-state index contributed by atoms with van der Waals surface area (Å²) in [6.07, 6.45) is 1.50. The van der Waals surface area contributed by atoms with E-state index in [0.29, 0.717) is 17.9 Å². The minimum absolute atomic E-state index is 0.0278. The third-order valence-electron chi connectivity index (χ3n) is 3.52. The van der Waals surface area contributed by atoms with Gasteiger partial charge in [0.05, 0.1) is 6.61 Å². The topological polar surface area (TPSA) is 65.0 Å². The van der Waals surface area contributed by atoms with E-state index in [0.717, 1.165) is 30.4 Å². The van der Waals surface area contributed by atoms with E-state index < -0.39 is 12.7 Å². The normalized spacial score (nSPS) is 11.8. The average molecular weight is 348 g/mol. The van der Waals surface area contributed by atoms with Crippen LogP contribution in [0.2, 0.25) is 0 Å². The first-order chi connectivity index (χ1) is 12.2. The van der Waals surface area contributed by atoms with Crippen molar-refractivity contribution in [2.24, 2.45) is 0 Å². The van der Waals surface area contributed by atoms with Gasteiger partial charge in [0.1, 0.15) is 37.1 Å². The molecule has 25 heavy (non-hydrogen) atoms. The summed E-state index contributed by atoms with van der Waals surface area (Å²) in [6.45, 7) is 0.143. The Labute approximate surface area is 145 Å². The van der Waals surface area contributed by atoms with Gasteiger partial charge in [-0.1, -0.05) is 12.1 Å². The second kappa shape index (κ2) is 10.4. The van der Waals surface area contributed by atoms with Gasteiger partial charge in [-0.05, 0) is 59.3 Å². The fourth-order valence-corrected chi connectivity index (χ4v) is 2.17. The van der Waals surface area contributed by atoms with E-state index >= 15 is 0 Å². The smallest absolute Gasteiger partial charge is 0.150 e. The Kier molecular flexibility index (Phi) is 7.88. The summed E-state index contributed by atoms with van der Waals surface area (Å²) < 4.78 is 22.5. The van der Waals surface area contributed by atoms with Crippen molar-refractivity contribution in [1.29, 1.82) is 0 Å². The van der Waals surface area contributed by atoms with Crippen LogP contribution in [0.15, 0.2) is 48.5 Å².